The Balaban J connectivity index is 1.69. The van der Waals surface area contributed by atoms with Crippen LogP contribution in [-0.2, 0) is 9.53 Å². The zero-order valence-corrected chi connectivity index (χ0v) is 12.2. The van der Waals surface area contributed by atoms with Gasteiger partial charge in [0, 0.05) is 42.3 Å². The van der Waals surface area contributed by atoms with E-state index in [1.807, 2.05) is 23.5 Å². The number of nitrogens with two attached hydrogens (primary N) is 1. The molecule has 0 aromatic carbocycles. The van der Waals surface area contributed by atoms with Crippen LogP contribution in [0.3, 0.4) is 0 Å². The van der Waals surface area contributed by atoms with Crippen molar-refractivity contribution >= 4 is 29.4 Å². The summed E-state index contributed by atoms with van der Waals surface area (Å²) in [6.07, 6.45) is 1.81. The molecule has 2 aliphatic heterocycles. The van der Waals surface area contributed by atoms with E-state index in [2.05, 4.69) is 5.32 Å². The first-order valence-electron chi connectivity index (χ1n) is 6.58. The highest BCUT2D eigenvalue weighted by Gasteiger charge is 2.27. The number of nitrogens with one attached hydrogen (secondary N) is 1. The normalized spacial score (nSPS) is 27.7. The van der Waals surface area contributed by atoms with Gasteiger partial charge in [0.2, 0.25) is 5.91 Å². The van der Waals surface area contributed by atoms with Gasteiger partial charge in [0.05, 0.1) is 6.04 Å². The van der Waals surface area contributed by atoms with E-state index in [4.69, 9.17) is 10.5 Å². The van der Waals surface area contributed by atoms with Crippen molar-refractivity contribution in [3.05, 3.63) is 0 Å². The van der Waals surface area contributed by atoms with Crippen molar-refractivity contribution in [2.75, 3.05) is 37.0 Å². The number of carbonyl (C=O) groups is 1. The first-order chi connectivity index (χ1) is 8.77. The van der Waals surface area contributed by atoms with Crippen molar-refractivity contribution in [2.24, 2.45) is 11.7 Å². The summed E-state index contributed by atoms with van der Waals surface area (Å²) in [5.74, 6) is 3.86. The summed E-state index contributed by atoms with van der Waals surface area (Å²) in [5.41, 5.74) is 6.03. The van der Waals surface area contributed by atoms with Gasteiger partial charge in [-0.1, -0.05) is 0 Å². The predicted octanol–water partition coefficient (Wildman–Crippen LogP) is 0.705. The van der Waals surface area contributed by atoms with E-state index in [0.29, 0.717) is 5.25 Å². The van der Waals surface area contributed by atoms with Gasteiger partial charge in [-0.25, -0.2) is 0 Å². The van der Waals surface area contributed by atoms with E-state index < -0.39 is 0 Å². The molecule has 4 nitrogen and oxygen atoms in total. The molecule has 0 bridgehead atoms. The summed E-state index contributed by atoms with van der Waals surface area (Å²) in [6.45, 7) is 2.23. The lowest BCUT2D eigenvalue weighted by molar-refractivity contribution is -0.124. The molecule has 2 heterocycles. The summed E-state index contributed by atoms with van der Waals surface area (Å²) in [4.78, 5) is 12.0. The molecular weight excluding hydrogens is 268 g/mol. The zero-order chi connectivity index (χ0) is 12.8. The van der Waals surface area contributed by atoms with Crippen molar-refractivity contribution < 1.29 is 9.53 Å². The van der Waals surface area contributed by atoms with Crippen LogP contribution in [0.2, 0.25) is 0 Å². The first kappa shape index (κ1) is 14.5. The van der Waals surface area contributed by atoms with Crippen LogP contribution in [-0.4, -0.2) is 54.2 Å². The van der Waals surface area contributed by atoms with E-state index in [1.54, 1.807) is 0 Å². The number of carbonyl (C=O) groups excluding carboxylic acids is 1. The third kappa shape index (κ3) is 4.33. The molecule has 0 aromatic heterocycles. The number of hydrogen-bond donors (Lipinski definition) is 2. The fourth-order valence-corrected chi connectivity index (χ4v) is 4.89. The number of hydrogen-bond acceptors (Lipinski definition) is 5. The molecule has 104 valence electrons. The van der Waals surface area contributed by atoms with Gasteiger partial charge in [-0.2, -0.15) is 23.5 Å². The molecule has 2 rings (SSSR count). The Morgan fingerprint density at radius 3 is 2.83 bits per heavy atom. The maximum absolute atomic E-state index is 12.0. The van der Waals surface area contributed by atoms with Gasteiger partial charge in [-0.3, -0.25) is 4.79 Å². The third-order valence-electron chi connectivity index (χ3n) is 3.47. The van der Waals surface area contributed by atoms with E-state index >= 15 is 0 Å². The molecule has 18 heavy (non-hydrogen) atoms. The number of ether oxygens (including phenoxy) is 1. The quantitative estimate of drug-likeness (QED) is 0.798. The number of amides is 1. The minimum absolute atomic E-state index is 0.0121. The van der Waals surface area contributed by atoms with Gasteiger partial charge >= 0.3 is 0 Å². The third-order valence-corrected chi connectivity index (χ3v) is 6.31. The summed E-state index contributed by atoms with van der Waals surface area (Å²) in [6, 6.07) is -0.366. The molecule has 0 spiro atoms. The van der Waals surface area contributed by atoms with Crippen LogP contribution in [0.1, 0.15) is 12.8 Å². The van der Waals surface area contributed by atoms with E-state index in [9.17, 15) is 4.79 Å². The number of rotatable bonds is 4. The summed E-state index contributed by atoms with van der Waals surface area (Å²) >= 11 is 3.93. The lowest BCUT2D eigenvalue weighted by Crippen LogP contribution is -2.48. The summed E-state index contributed by atoms with van der Waals surface area (Å²) < 4.78 is 5.29. The monoisotopic (exact) mass is 290 g/mol. The molecule has 2 fully saturated rings. The molecule has 6 heteroatoms. The van der Waals surface area contributed by atoms with Crippen LogP contribution >= 0.6 is 23.5 Å². The van der Waals surface area contributed by atoms with Crippen molar-refractivity contribution in [1.29, 1.82) is 0 Å². The highest BCUT2D eigenvalue weighted by atomic mass is 32.2. The molecule has 0 aromatic rings. The van der Waals surface area contributed by atoms with Gasteiger partial charge in [-0.05, 0) is 18.8 Å². The molecule has 2 aliphatic rings. The molecule has 3 N–H and O–H groups in total. The van der Waals surface area contributed by atoms with Crippen LogP contribution in [0.15, 0.2) is 0 Å². The average Bonchev–Trinajstić information content (AvgIpc) is 2.46. The zero-order valence-electron chi connectivity index (χ0n) is 10.6. The second-order valence-electron chi connectivity index (χ2n) is 4.79. The molecular formula is C12H22N2O2S2. The second-order valence-corrected chi connectivity index (χ2v) is 7.35. The van der Waals surface area contributed by atoms with Crippen molar-refractivity contribution in [3.63, 3.8) is 0 Å². The van der Waals surface area contributed by atoms with Crippen LogP contribution in [0, 0.1) is 5.92 Å². The Morgan fingerprint density at radius 2 is 2.17 bits per heavy atom. The molecule has 0 saturated carbocycles. The van der Waals surface area contributed by atoms with Crippen molar-refractivity contribution in [3.8, 4) is 0 Å². The molecule has 1 amide bonds. The fraction of sp³-hybridized carbons (Fsp3) is 0.917. The lowest BCUT2D eigenvalue weighted by atomic mass is 9.92. The Kier molecular flexibility index (Phi) is 6.14. The standard InChI is InChI=1S/C12H22N2O2S2/c13-11(9-1-3-16-4-2-9)12(15)14-7-10-8-17-5-6-18-10/h9-11H,1-8,13H2,(H,14,15). The summed E-state index contributed by atoms with van der Waals surface area (Å²) in [5, 5.41) is 3.56. The molecule has 2 saturated heterocycles. The van der Waals surface area contributed by atoms with Gasteiger partial charge in [0.25, 0.3) is 0 Å². The maximum atomic E-state index is 12.0. The number of thioether (sulfide) groups is 2. The molecule has 2 unspecified atom stereocenters. The van der Waals surface area contributed by atoms with Crippen LogP contribution < -0.4 is 11.1 Å². The van der Waals surface area contributed by atoms with Crippen LogP contribution in [0.5, 0.6) is 0 Å². The first-order valence-corrected chi connectivity index (χ1v) is 8.78. The fourth-order valence-electron chi connectivity index (χ4n) is 2.28. The molecule has 2 atom stereocenters. The lowest BCUT2D eigenvalue weighted by Gasteiger charge is -2.28. The average molecular weight is 290 g/mol. The maximum Gasteiger partial charge on any atom is 0.237 e. The van der Waals surface area contributed by atoms with E-state index in [1.165, 1.54) is 11.5 Å². The molecule has 0 radical (unpaired) electrons. The minimum atomic E-state index is -0.366. The highest BCUT2D eigenvalue weighted by molar-refractivity contribution is 8.06. The van der Waals surface area contributed by atoms with Gasteiger partial charge in [0.1, 0.15) is 0 Å². The Hall–Kier alpha value is 0.0900. The Labute approximate surface area is 117 Å². The minimum Gasteiger partial charge on any atom is -0.381 e. The van der Waals surface area contributed by atoms with Gasteiger partial charge < -0.3 is 15.8 Å². The Morgan fingerprint density at radius 1 is 1.39 bits per heavy atom. The SMILES string of the molecule is NC(C(=O)NCC1CSCCS1)C1CCOCC1. The van der Waals surface area contributed by atoms with E-state index in [0.717, 1.165) is 38.4 Å². The van der Waals surface area contributed by atoms with Crippen LogP contribution in [0.4, 0.5) is 0 Å². The smallest absolute Gasteiger partial charge is 0.237 e. The molecule has 0 aliphatic carbocycles. The Bertz CT molecular complexity index is 267. The largest absolute Gasteiger partial charge is 0.381 e. The van der Waals surface area contributed by atoms with Crippen molar-refractivity contribution in [2.45, 2.75) is 24.1 Å². The highest BCUT2D eigenvalue weighted by Crippen LogP contribution is 2.23. The van der Waals surface area contributed by atoms with E-state index in [-0.39, 0.29) is 17.9 Å². The predicted molar refractivity (Wildman–Crippen MR) is 78.1 cm³/mol. The second kappa shape index (κ2) is 7.62. The van der Waals surface area contributed by atoms with Crippen LogP contribution in [0.25, 0.3) is 0 Å². The van der Waals surface area contributed by atoms with Gasteiger partial charge in [0.15, 0.2) is 0 Å². The van der Waals surface area contributed by atoms with Crippen molar-refractivity contribution in [1.82, 2.24) is 5.32 Å². The summed E-state index contributed by atoms with van der Waals surface area (Å²) in [7, 11) is 0. The van der Waals surface area contributed by atoms with Gasteiger partial charge in [-0.15, -0.1) is 0 Å². The topological polar surface area (TPSA) is 64.4 Å².